The van der Waals surface area contributed by atoms with Crippen LogP contribution in [0.3, 0.4) is 0 Å². The molecule has 0 spiro atoms. The first-order chi connectivity index (χ1) is 17.6. The zero-order chi connectivity index (χ0) is 25.3. The summed E-state index contributed by atoms with van der Waals surface area (Å²) >= 11 is 0. The van der Waals surface area contributed by atoms with Crippen LogP contribution in [0.2, 0.25) is 0 Å². The summed E-state index contributed by atoms with van der Waals surface area (Å²) < 4.78 is 22.4. The van der Waals surface area contributed by atoms with E-state index < -0.39 is 11.9 Å². The van der Waals surface area contributed by atoms with Gasteiger partial charge in [0.2, 0.25) is 0 Å². The minimum Gasteiger partial charge on any atom is -0.481 e. The first-order valence-electron chi connectivity index (χ1n) is 12.2. The van der Waals surface area contributed by atoms with Crippen LogP contribution in [0, 0.1) is 0 Å². The lowest BCUT2D eigenvalue weighted by atomic mass is 9.92. The Morgan fingerprint density at radius 2 is 1.00 bits per heavy atom. The van der Waals surface area contributed by atoms with Crippen molar-refractivity contribution in [2.75, 3.05) is 26.4 Å². The van der Waals surface area contributed by atoms with Crippen LogP contribution in [-0.4, -0.2) is 38.4 Å². The van der Waals surface area contributed by atoms with Crippen LogP contribution in [0.5, 0.6) is 11.5 Å². The summed E-state index contributed by atoms with van der Waals surface area (Å²) in [7, 11) is 0. The molecule has 0 saturated carbocycles. The number of esters is 2. The lowest BCUT2D eigenvalue weighted by molar-refractivity contribution is -0.146. The van der Waals surface area contributed by atoms with E-state index in [2.05, 4.69) is 0 Å². The second kappa shape index (κ2) is 12.1. The Hall–Kier alpha value is -4.06. The fourth-order valence-corrected chi connectivity index (χ4v) is 4.05. The van der Waals surface area contributed by atoms with Crippen molar-refractivity contribution in [2.45, 2.75) is 26.7 Å². The first-order valence-corrected chi connectivity index (χ1v) is 12.2. The van der Waals surface area contributed by atoms with Crippen molar-refractivity contribution in [3.8, 4) is 22.6 Å². The van der Waals surface area contributed by atoms with Crippen LogP contribution < -0.4 is 9.47 Å². The van der Waals surface area contributed by atoms with Gasteiger partial charge in [0.05, 0.1) is 13.2 Å². The van der Waals surface area contributed by atoms with E-state index in [-0.39, 0.29) is 13.2 Å². The van der Waals surface area contributed by atoms with Crippen LogP contribution in [0.1, 0.15) is 26.7 Å². The van der Waals surface area contributed by atoms with Gasteiger partial charge >= 0.3 is 11.9 Å². The average Bonchev–Trinajstić information content (AvgIpc) is 2.92. The Morgan fingerprint density at radius 3 is 1.42 bits per heavy atom. The molecule has 0 aromatic heterocycles. The number of benzene rings is 4. The summed E-state index contributed by atoms with van der Waals surface area (Å²) in [6.45, 7) is 4.15. The molecule has 0 radical (unpaired) electrons. The molecule has 0 heterocycles. The topological polar surface area (TPSA) is 71.1 Å². The first kappa shape index (κ1) is 25.0. The van der Waals surface area contributed by atoms with E-state index >= 15 is 0 Å². The maximum atomic E-state index is 12.2. The minimum absolute atomic E-state index is 0.213. The van der Waals surface area contributed by atoms with Crippen molar-refractivity contribution >= 4 is 33.5 Å². The van der Waals surface area contributed by atoms with Crippen LogP contribution in [0.25, 0.3) is 32.7 Å². The van der Waals surface area contributed by atoms with Crippen LogP contribution in [0.15, 0.2) is 72.8 Å². The van der Waals surface area contributed by atoms with Gasteiger partial charge in [0, 0.05) is 11.1 Å². The standard InChI is InChI=1S/C30H30O6/c1-3-17-33-27(31)19-35-25-15-13-21-9-5-7-11-23(21)29(25)30-24-12-8-6-10-22(24)14-16-26(30)36-20-28(32)34-18-4-2/h5-16H,3-4,17-20H2,1-2H3. The van der Waals surface area contributed by atoms with E-state index in [0.717, 1.165) is 45.5 Å². The number of carbonyl (C=O) groups excluding carboxylic acids is 2. The summed E-state index contributed by atoms with van der Waals surface area (Å²) in [5.41, 5.74) is 1.57. The van der Waals surface area contributed by atoms with Crippen molar-refractivity contribution in [1.29, 1.82) is 0 Å². The van der Waals surface area contributed by atoms with Crippen molar-refractivity contribution < 1.29 is 28.5 Å². The van der Waals surface area contributed by atoms with Gasteiger partial charge in [-0.2, -0.15) is 0 Å². The van der Waals surface area contributed by atoms with Gasteiger partial charge in [-0.3, -0.25) is 0 Å². The lowest BCUT2D eigenvalue weighted by Crippen LogP contribution is -2.16. The summed E-state index contributed by atoms with van der Waals surface area (Å²) in [5, 5.41) is 3.89. The molecule has 4 aromatic carbocycles. The molecule has 0 saturated heterocycles. The number of hydrogen-bond donors (Lipinski definition) is 0. The highest BCUT2D eigenvalue weighted by atomic mass is 16.6. The molecule has 36 heavy (non-hydrogen) atoms. The van der Waals surface area contributed by atoms with Crippen LogP contribution in [0.4, 0.5) is 0 Å². The second-order valence-electron chi connectivity index (χ2n) is 8.34. The smallest absolute Gasteiger partial charge is 0.344 e. The maximum absolute atomic E-state index is 12.2. The Kier molecular flexibility index (Phi) is 8.40. The highest BCUT2D eigenvalue weighted by molar-refractivity contribution is 6.09. The molecule has 0 aliphatic heterocycles. The Morgan fingerprint density at radius 1 is 0.583 bits per heavy atom. The number of fused-ring (bicyclic) bond motifs is 2. The molecule has 0 bridgehead atoms. The average molecular weight is 487 g/mol. The monoisotopic (exact) mass is 486 g/mol. The predicted molar refractivity (Wildman–Crippen MR) is 140 cm³/mol. The van der Waals surface area contributed by atoms with Crippen LogP contribution in [-0.2, 0) is 19.1 Å². The molecule has 4 aromatic rings. The fourth-order valence-electron chi connectivity index (χ4n) is 4.05. The quantitative estimate of drug-likeness (QED) is 0.231. The Bertz CT molecular complexity index is 1260. The van der Waals surface area contributed by atoms with Gasteiger partial charge in [-0.15, -0.1) is 0 Å². The van der Waals surface area contributed by atoms with Gasteiger partial charge in [0.25, 0.3) is 0 Å². The summed E-state index contributed by atoms with van der Waals surface area (Å²) in [6.07, 6.45) is 1.48. The molecular weight excluding hydrogens is 456 g/mol. The zero-order valence-electron chi connectivity index (χ0n) is 20.6. The maximum Gasteiger partial charge on any atom is 0.344 e. The molecule has 6 nitrogen and oxygen atoms in total. The van der Waals surface area contributed by atoms with Gasteiger partial charge in [-0.05, 0) is 46.5 Å². The third-order valence-electron chi connectivity index (χ3n) is 5.66. The van der Waals surface area contributed by atoms with E-state index in [1.165, 1.54) is 0 Å². The van der Waals surface area contributed by atoms with E-state index in [9.17, 15) is 9.59 Å². The van der Waals surface area contributed by atoms with Crippen molar-refractivity contribution in [3.63, 3.8) is 0 Å². The van der Waals surface area contributed by atoms with E-state index in [0.29, 0.717) is 24.7 Å². The van der Waals surface area contributed by atoms with Gasteiger partial charge in [-0.25, -0.2) is 9.59 Å². The normalized spacial score (nSPS) is 10.8. The lowest BCUT2D eigenvalue weighted by Gasteiger charge is -2.19. The molecule has 186 valence electrons. The van der Waals surface area contributed by atoms with Crippen LogP contribution >= 0.6 is 0 Å². The molecule has 0 atom stereocenters. The zero-order valence-corrected chi connectivity index (χ0v) is 20.6. The van der Waals surface area contributed by atoms with Gasteiger partial charge < -0.3 is 18.9 Å². The predicted octanol–water partition coefficient (Wildman–Crippen LogP) is 6.32. The van der Waals surface area contributed by atoms with E-state index in [1.54, 1.807) is 0 Å². The third kappa shape index (κ3) is 5.77. The molecule has 0 fully saturated rings. The Balaban J connectivity index is 1.83. The summed E-state index contributed by atoms with van der Waals surface area (Å²) in [5.74, 6) is 0.196. The van der Waals surface area contributed by atoms with Crippen molar-refractivity contribution in [3.05, 3.63) is 72.8 Å². The number of hydrogen-bond acceptors (Lipinski definition) is 6. The summed E-state index contributed by atoms with van der Waals surface area (Å²) in [6, 6.07) is 23.5. The van der Waals surface area contributed by atoms with Gasteiger partial charge in [0.15, 0.2) is 13.2 Å². The number of ether oxygens (including phenoxy) is 4. The van der Waals surface area contributed by atoms with Crippen molar-refractivity contribution in [2.24, 2.45) is 0 Å². The molecule has 4 rings (SSSR count). The minimum atomic E-state index is -0.427. The Labute approximate surface area is 210 Å². The number of carbonyl (C=O) groups is 2. The highest BCUT2D eigenvalue weighted by Gasteiger charge is 2.20. The number of rotatable bonds is 11. The molecule has 0 unspecified atom stereocenters. The molecule has 6 heteroatoms. The van der Waals surface area contributed by atoms with Gasteiger partial charge in [-0.1, -0.05) is 74.5 Å². The fraction of sp³-hybridized carbons (Fsp3) is 0.267. The third-order valence-corrected chi connectivity index (χ3v) is 5.66. The van der Waals surface area contributed by atoms with Crippen molar-refractivity contribution in [1.82, 2.24) is 0 Å². The summed E-state index contributed by atoms with van der Waals surface area (Å²) in [4.78, 5) is 24.4. The molecule has 0 N–H and O–H groups in total. The van der Waals surface area contributed by atoms with E-state index in [4.69, 9.17) is 18.9 Å². The van der Waals surface area contributed by atoms with E-state index in [1.807, 2.05) is 86.6 Å². The largest absolute Gasteiger partial charge is 0.481 e. The molecule has 0 amide bonds. The SMILES string of the molecule is CCCOC(=O)COc1ccc2ccccc2c1-c1c(OCC(=O)OCCC)ccc2ccccc12. The highest BCUT2D eigenvalue weighted by Crippen LogP contribution is 2.45. The molecule has 0 aliphatic carbocycles. The molecule has 0 aliphatic rings. The molecular formula is C30H30O6. The second-order valence-corrected chi connectivity index (χ2v) is 8.34. The van der Waals surface area contributed by atoms with Gasteiger partial charge in [0.1, 0.15) is 11.5 Å².